The van der Waals surface area contributed by atoms with Crippen molar-refractivity contribution in [1.82, 2.24) is 4.90 Å². The molecule has 0 unspecified atom stereocenters. The molecule has 2 aliphatic heterocycles. The van der Waals surface area contributed by atoms with Gasteiger partial charge in [-0.1, -0.05) is 11.6 Å². The Balaban J connectivity index is 1.90. The maximum absolute atomic E-state index is 12.6. The van der Waals surface area contributed by atoms with Crippen LogP contribution in [0.4, 0.5) is 0 Å². The highest BCUT2D eigenvalue weighted by atomic mass is 16.6. The van der Waals surface area contributed by atoms with E-state index in [2.05, 4.69) is 18.0 Å². The summed E-state index contributed by atoms with van der Waals surface area (Å²) < 4.78 is 22.3. The average Bonchev–Trinajstić information content (AvgIpc) is 3.00. The van der Waals surface area contributed by atoms with Gasteiger partial charge < -0.3 is 18.9 Å². The summed E-state index contributed by atoms with van der Waals surface area (Å²) in [5, 5.41) is 0. The van der Waals surface area contributed by atoms with Crippen LogP contribution in [0.2, 0.25) is 0 Å². The number of carbonyl (C=O) groups excluding carboxylic acids is 1. The molecule has 0 radical (unpaired) electrons. The average molecular weight is 345 g/mol. The Bertz CT molecular complexity index is 744. The second-order valence-electron chi connectivity index (χ2n) is 6.81. The Kier molecular flexibility index (Phi) is 3.96. The van der Waals surface area contributed by atoms with Crippen LogP contribution in [0, 0.1) is 0 Å². The third kappa shape index (κ3) is 2.35. The van der Waals surface area contributed by atoms with Crippen molar-refractivity contribution in [2.24, 2.45) is 0 Å². The number of nitrogens with zero attached hydrogens (tertiary/aromatic N) is 1. The minimum Gasteiger partial charge on any atom is -0.493 e. The molecule has 1 aromatic carbocycles. The maximum Gasteiger partial charge on any atom is 0.338 e. The van der Waals surface area contributed by atoms with Gasteiger partial charge in [-0.25, -0.2) is 4.79 Å². The minimum absolute atomic E-state index is 0.0185. The van der Waals surface area contributed by atoms with Crippen molar-refractivity contribution < 1.29 is 23.7 Å². The van der Waals surface area contributed by atoms with Crippen LogP contribution in [0.3, 0.4) is 0 Å². The van der Waals surface area contributed by atoms with Crippen LogP contribution in [-0.2, 0) is 9.47 Å². The normalized spacial score (nSPS) is 30.7. The van der Waals surface area contributed by atoms with Crippen LogP contribution >= 0.6 is 0 Å². The predicted molar refractivity (Wildman–Crippen MR) is 91.4 cm³/mol. The molecule has 0 saturated carbocycles. The Morgan fingerprint density at radius 1 is 1.16 bits per heavy atom. The van der Waals surface area contributed by atoms with Crippen molar-refractivity contribution in [2.45, 2.75) is 30.6 Å². The first-order valence-electron chi connectivity index (χ1n) is 8.49. The lowest BCUT2D eigenvalue weighted by atomic mass is 9.73. The van der Waals surface area contributed by atoms with Gasteiger partial charge in [-0.3, -0.25) is 4.90 Å². The Labute approximate surface area is 147 Å². The van der Waals surface area contributed by atoms with E-state index in [0.29, 0.717) is 17.1 Å². The summed E-state index contributed by atoms with van der Waals surface area (Å²) in [5.74, 6) is 0.841. The van der Waals surface area contributed by atoms with Gasteiger partial charge in [-0.15, -0.1) is 0 Å². The SMILES string of the molecule is COc1cc2c(cc1OC)[C@@H]1[C@H](OC2=O)[C@@H](OC)C=C2CCN(C)[C@H]21. The molecule has 0 aromatic heterocycles. The van der Waals surface area contributed by atoms with Gasteiger partial charge in [0.25, 0.3) is 0 Å². The fraction of sp³-hybridized carbons (Fsp3) is 0.526. The monoisotopic (exact) mass is 345 g/mol. The predicted octanol–water partition coefficient (Wildman–Crippen LogP) is 1.99. The summed E-state index contributed by atoms with van der Waals surface area (Å²) >= 11 is 0. The number of hydrogen-bond donors (Lipinski definition) is 0. The van der Waals surface area contributed by atoms with Crippen molar-refractivity contribution in [3.63, 3.8) is 0 Å². The molecule has 2 heterocycles. The molecular formula is C19H23NO5. The van der Waals surface area contributed by atoms with Crippen LogP contribution in [0.1, 0.15) is 28.3 Å². The summed E-state index contributed by atoms with van der Waals surface area (Å²) in [7, 11) is 6.95. The van der Waals surface area contributed by atoms with Crippen LogP contribution < -0.4 is 9.47 Å². The number of benzene rings is 1. The number of methoxy groups -OCH3 is 3. The van der Waals surface area contributed by atoms with Crippen LogP contribution in [0.15, 0.2) is 23.8 Å². The van der Waals surface area contributed by atoms with Crippen molar-refractivity contribution in [2.75, 3.05) is 34.9 Å². The van der Waals surface area contributed by atoms with E-state index in [-0.39, 0.29) is 30.1 Å². The molecule has 4 rings (SSSR count). The molecule has 1 aliphatic carbocycles. The Morgan fingerprint density at radius 2 is 1.88 bits per heavy atom. The first-order chi connectivity index (χ1) is 12.1. The van der Waals surface area contributed by atoms with Gasteiger partial charge in [-0.2, -0.15) is 0 Å². The molecule has 0 N–H and O–H groups in total. The molecule has 0 spiro atoms. The van der Waals surface area contributed by atoms with Crippen molar-refractivity contribution in [1.29, 1.82) is 0 Å². The summed E-state index contributed by atoms with van der Waals surface area (Å²) in [6.07, 6.45) is 2.58. The molecule has 6 heteroatoms. The zero-order valence-electron chi connectivity index (χ0n) is 14.9. The molecule has 1 aromatic rings. The van der Waals surface area contributed by atoms with E-state index in [9.17, 15) is 4.79 Å². The van der Waals surface area contributed by atoms with E-state index in [1.165, 1.54) is 5.57 Å². The number of likely N-dealkylation sites (tertiary alicyclic amines) is 1. The number of hydrogen-bond acceptors (Lipinski definition) is 6. The second-order valence-corrected chi connectivity index (χ2v) is 6.81. The highest BCUT2D eigenvalue weighted by Crippen LogP contribution is 2.48. The fourth-order valence-electron chi connectivity index (χ4n) is 4.48. The second kappa shape index (κ2) is 6.04. The lowest BCUT2D eigenvalue weighted by Crippen LogP contribution is -2.51. The van der Waals surface area contributed by atoms with Crippen molar-refractivity contribution in [3.05, 3.63) is 34.9 Å². The van der Waals surface area contributed by atoms with E-state index < -0.39 is 0 Å². The highest BCUT2D eigenvalue weighted by Gasteiger charge is 2.51. The van der Waals surface area contributed by atoms with Gasteiger partial charge in [0.15, 0.2) is 11.5 Å². The largest absolute Gasteiger partial charge is 0.493 e. The molecule has 3 aliphatic rings. The first kappa shape index (κ1) is 16.4. The molecule has 0 bridgehead atoms. The first-order valence-corrected chi connectivity index (χ1v) is 8.49. The molecule has 25 heavy (non-hydrogen) atoms. The van der Waals surface area contributed by atoms with Gasteiger partial charge in [0.1, 0.15) is 12.2 Å². The van der Waals surface area contributed by atoms with Gasteiger partial charge in [-0.05, 0) is 31.2 Å². The highest BCUT2D eigenvalue weighted by molar-refractivity contribution is 5.94. The summed E-state index contributed by atoms with van der Waals surface area (Å²) in [5.41, 5.74) is 2.86. The third-order valence-electron chi connectivity index (χ3n) is 5.65. The van der Waals surface area contributed by atoms with Gasteiger partial charge >= 0.3 is 5.97 Å². The van der Waals surface area contributed by atoms with E-state index in [1.807, 2.05) is 6.07 Å². The van der Waals surface area contributed by atoms with Gasteiger partial charge in [0, 0.05) is 25.6 Å². The molecule has 4 atom stereocenters. The molecular weight excluding hydrogens is 322 g/mol. The fourth-order valence-corrected chi connectivity index (χ4v) is 4.48. The number of ether oxygens (including phenoxy) is 4. The smallest absolute Gasteiger partial charge is 0.338 e. The third-order valence-corrected chi connectivity index (χ3v) is 5.65. The lowest BCUT2D eigenvalue weighted by Gasteiger charge is -2.44. The minimum atomic E-state index is -0.336. The Morgan fingerprint density at radius 3 is 2.56 bits per heavy atom. The summed E-state index contributed by atoms with van der Waals surface area (Å²) in [6, 6.07) is 3.86. The summed E-state index contributed by atoms with van der Waals surface area (Å²) in [6.45, 7) is 0.993. The van der Waals surface area contributed by atoms with Crippen LogP contribution in [0.25, 0.3) is 0 Å². The van der Waals surface area contributed by atoms with E-state index in [1.54, 1.807) is 27.4 Å². The van der Waals surface area contributed by atoms with E-state index >= 15 is 0 Å². The summed E-state index contributed by atoms with van der Waals surface area (Å²) in [4.78, 5) is 15.0. The van der Waals surface area contributed by atoms with Gasteiger partial charge in [0.2, 0.25) is 0 Å². The van der Waals surface area contributed by atoms with Crippen molar-refractivity contribution in [3.8, 4) is 11.5 Å². The van der Waals surface area contributed by atoms with Crippen molar-refractivity contribution >= 4 is 5.97 Å². The molecule has 1 saturated heterocycles. The zero-order chi connectivity index (χ0) is 17.7. The lowest BCUT2D eigenvalue weighted by molar-refractivity contribution is -0.0468. The quantitative estimate of drug-likeness (QED) is 0.617. The maximum atomic E-state index is 12.6. The number of rotatable bonds is 3. The molecule has 134 valence electrons. The van der Waals surface area contributed by atoms with E-state index in [0.717, 1.165) is 18.5 Å². The molecule has 0 amide bonds. The molecule has 6 nitrogen and oxygen atoms in total. The Hall–Kier alpha value is -2.05. The molecule has 1 fully saturated rings. The number of likely N-dealkylation sites (N-methyl/N-ethyl adjacent to an activating group) is 1. The van der Waals surface area contributed by atoms with E-state index in [4.69, 9.17) is 18.9 Å². The van der Waals surface area contributed by atoms with Gasteiger partial charge in [0.05, 0.1) is 19.8 Å². The topological polar surface area (TPSA) is 57.2 Å². The van der Waals surface area contributed by atoms with Crippen LogP contribution in [-0.4, -0.2) is 64.0 Å². The number of fused-ring (bicyclic) bond motifs is 5. The zero-order valence-corrected chi connectivity index (χ0v) is 14.9. The number of esters is 1. The number of carbonyl (C=O) groups is 1. The standard InChI is InChI=1S/C19H23NO5/c1-20-6-5-10-7-15(24-4)18-16(17(10)20)11-8-13(22-2)14(23-3)9-12(11)19(21)25-18/h7-9,15-18H,5-6H2,1-4H3/t15-,16-,17+,18+/m0/s1. The van der Waals surface area contributed by atoms with Crippen LogP contribution in [0.5, 0.6) is 11.5 Å².